The van der Waals surface area contributed by atoms with E-state index in [0.29, 0.717) is 25.8 Å². The molecular weight excluding hydrogens is 356 g/mol. The Morgan fingerprint density at radius 2 is 1.63 bits per heavy atom. The summed E-state index contributed by atoms with van der Waals surface area (Å²) in [6.45, 7) is 0. The van der Waals surface area contributed by atoms with Crippen LogP contribution in [0.25, 0.3) is 0 Å². The van der Waals surface area contributed by atoms with Crippen molar-refractivity contribution in [2.24, 2.45) is 0 Å². The highest BCUT2D eigenvalue weighted by Gasteiger charge is 2.12. The molecule has 1 N–H and O–H groups in total. The maximum atomic E-state index is 12.8. The summed E-state index contributed by atoms with van der Waals surface area (Å²) >= 11 is 15.2. The third-order valence-electron chi connectivity index (χ3n) is 2.35. The average molecular weight is 363 g/mol. The monoisotopic (exact) mass is 361 g/mol. The molecule has 1 amide bonds. The van der Waals surface area contributed by atoms with Gasteiger partial charge in [-0.15, -0.1) is 0 Å². The van der Waals surface area contributed by atoms with Gasteiger partial charge < -0.3 is 5.32 Å². The lowest BCUT2D eigenvalue weighted by Crippen LogP contribution is -2.12. The fraction of sp³-hybridized carbons (Fsp3) is 0. The maximum absolute atomic E-state index is 12.8. The highest BCUT2D eigenvalue weighted by Crippen LogP contribution is 2.34. The van der Waals surface area contributed by atoms with Crippen LogP contribution in [0, 0.1) is 5.82 Å². The van der Waals surface area contributed by atoms with Crippen LogP contribution in [0.15, 0.2) is 40.9 Å². The number of benzene rings is 2. The van der Waals surface area contributed by atoms with Gasteiger partial charge in [0.1, 0.15) is 5.82 Å². The number of hydrogen-bond donors (Lipinski definition) is 1. The van der Waals surface area contributed by atoms with Crippen LogP contribution in [0.5, 0.6) is 0 Å². The molecule has 0 saturated heterocycles. The maximum Gasteiger partial charge on any atom is 0.255 e. The Hall–Kier alpha value is -1.10. The van der Waals surface area contributed by atoms with E-state index in [1.54, 1.807) is 12.1 Å². The minimum Gasteiger partial charge on any atom is -0.319 e. The van der Waals surface area contributed by atoms with E-state index in [1.807, 2.05) is 0 Å². The highest BCUT2D eigenvalue weighted by molar-refractivity contribution is 9.10. The van der Waals surface area contributed by atoms with Crippen molar-refractivity contribution >= 4 is 50.7 Å². The smallest absolute Gasteiger partial charge is 0.255 e. The molecule has 2 nitrogen and oxygen atoms in total. The Morgan fingerprint density at radius 1 is 1.11 bits per heavy atom. The van der Waals surface area contributed by atoms with Gasteiger partial charge in [-0.05, 0) is 36.4 Å². The fourth-order valence-corrected chi connectivity index (χ4v) is 2.75. The van der Waals surface area contributed by atoms with Crippen LogP contribution in [0.4, 0.5) is 10.1 Å². The predicted molar refractivity (Wildman–Crippen MR) is 78.5 cm³/mol. The minimum atomic E-state index is -0.411. The fourth-order valence-electron chi connectivity index (χ4n) is 1.45. The molecule has 2 aromatic carbocycles. The Bertz CT molecular complexity index is 608. The molecule has 98 valence electrons. The van der Waals surface area contributed by atoms with Gasteiger partial charge in [0.15, 0.2) is 0 Å². The Kier molecular flexibility index (Phi) is 4.45. The molecule has 0 aliphatic heterocycles. The minimum absolute atomic E-state index is 0.315. The summed E-state index contributed by atoms with van der Waals surface area (Å²) in [5.41, 5.74) is 0.636. The Labute approximate surface area is 127 Å². The van der Waals surface area contributed by atoms with Gasteiger partial charge in [0.05, 0.1) is 15.7 Å². The molecule has 0 radical (unpaired) electrons. The van der Waals surface area contributed by atoms with Crippen molar-refractivity contribution in [3.63, 3.8) is 0 Å². The molecular formula is C13H7BrCl2FNO. The second-order valence-corrected chi connectivity index (χ2v) is 5.44. The first kappa shape index (κ1) is 14.3. The van der Waals surface area contributed by atoms with Crippen molar-refractivity contribution in [2.45, 2.75) is 0 Å². The lowest BCUT2D eigenvalue weighted by atomic mass is 10.2. The predicted octanol–water partition coefficient (Wildman–Crippen LogP) is 5.15. The van der Waals surface area contributed by atoms with Crippen molar-refractivity contribution in [2.75, 3.05) is 5.32 Å². The third kappa shape index (κ3) is 3.47. The number of carbonyl (C=O) groups is 1. The van der Waals surface area contributed by atoms with Gasteiger partial charge in [0.2, 0.25) is 0 Å². The first-order valence-corrected chi connectivity index (χ1v) is 6.74. The summed E-state index contributed by atoms with van der Waals surface area (Å²) in [4.78, 5) is 12.0. The van der Waals surface area contributed by atoms with Crippen molar-refractivity contribution < 1.29 is 9.18 Å². The molecule has 0 aromatic heterocycles. The van der Waals surface area contributed by atoms with Crippen LogP contribution in [-0.4, -0.2) is 5.91 Å². The molecule has 2 aromatic rings. The van der Waals surface area contributed by atoms with E-state index >= 15 is 0 Å². The van der Waals surface area contributed by atoms with Crippen LogP contribution in [0.3, 0.4) is 0 Å². The lowest BCUT2D eigenvalue weighted by molar-refractivity contribution is 0.102. The molecule has 0 heterocycles. The molecule has 0 fully saturated rings. The first-order chi connectivity index (χ1) is 8.97. The molecule has 2 rings (SSSR count). The van der Waals surface area contributed by atoms with E-state index in [0.717, 1.165) is 0 Å². The zero-order chi connectivity index (χ0) is 14.0. The summed E-state index contributed by atoms with van der Waals surface area (Å²) in [7, 11) is 0. The van der Waals surface area contributed by atoms with Gasteiger partial charge in [0.25, 0.3) is 5.91 Å². The molecule has 0 spiro atoms. The highest BCUT2D eigenvalue weighted by atomic mass is 79.9. The SMILES string of the molecule is O=C(Nc1c(Cl)cc(Br)cc1Cl)c1ccc(F)cc1. The molecule has 0 unspecified atom stereocenters. The van der Waals surface area contributed by atoms with Gasteiger partial charge >= 0.3 is 0 Å². The van der Waals surface area contributed by atoms with Crippen LogP contribution in [0.2, 0.25) is 10.0 Å². The molecule has 0 bridgehead atoms. The zero-order valence-corrected chi connectivity index (χ0v) is 12.5. The van der Waals surface area contributed by atoms with Crippen LogP contribution >= 0.6 is 39.1 Å². The largest absolute Gasteiger partial charge is 0.319 e. The summed E-state index contributed by atoms with van der Waals surface area (Å²) in [6, 6.07) is 8.41. The molecule has 6 heteroatoms. The van der Waals surface area contributed by atoms with Crippen LogP contribution in [-0.2, 0) is 0 Å². The molecule has 0 saturated carbocycles. The van der Waals surface area contributed by atoms with Gasteiger partial charge in [-0.2, -0.15) is 0 Å². The second-order valence-electron chi connectivity index (χ2n) is 3.71. The van der Waals surface area contributed by atoms with Crippen molar-refractivity contribution in [3.05, 3.63) is 62.3 Å². The number of carbonyl (C=O) groups excluding carboxylic acids is 1. The van der Waals surface area contributed by atoms with E-state index in [1.165, 1.54) is 24.3 Å². The zero-order valence-electron chi connectivity index (χ0n) is 9.38. The Morgan fingerprint density at radius 3 is 2.16 bits per heavy atom. The number of hydrogen-bond acceptors (Lipinski definition) is 1. The number of nitrogens with one attached hydrogen (secondary N) is 1. The first-order valence-electron chi connectivity index (χ1n) is 5.19. The number of anilines is 1. The lowest BCUT2D eigenvalue weighted by Gasteiger charge is -2.10. The molecule has 0 atom stereocenters. The molecule has 0 aliphatic carbocycles. The topological polar surface area (TPSA) is 29.1 Å². The van der Waals surface area contributed by atoms with Gasteiger partial charge in [-0.1, -0.05) is 39.1 Å². The van der Waals surface area contributed by atoms with Crippen molar-refractivity contribution in [3.8, 4) is 0 Å². The van der Waals surface area contributed by atoms with E-state index < -0.39 is 11.7 Å². The second kappa shape index (κ2) is 5.90. The Balaban J connectivity index is 2.26. The van der Waals surface area contributed by atoms with Crippen LogP contribution < -0.4 is 5.32 Å². The number of amides is 1. The van der Waals surface area contributed by atoms with Crippen molar-refractivity contribution in [1.29, 1.82) is 0 Å². The summed E-state index contributed by atoms with van der Waals surface area (Å²) in [5, 5.41) is 3.22. The van der Waals surface area contributed by atoms with Crippen molar-refractivity contribution in [1.82, 2.24) is 0 Å². The normalized spacial score (nSPS) is 10.3. The van der Waals surface area contributed by atoms with E-state index in [9.17, 15) is 9.18 Å². The van der Waals surface area contributed by atoms with Gasteiger partial charge in [-0.3, -0.25) is 4.79 Å². The average Bonchev–Trinajstić information content (AvgIpc) is 2.34. The van der Waals surface area contributed by atoms with Crippen LogP contribution in [0.1, 0.15) is 10.4 Å². The summed E-state index contributed by atoms with van der Waals surface area (Å²) in [6.07, 6.45) is 0. The third-order valence-corrected chi connectivity index (χ3v) is 3.41. The summed E-state index contributed by atoms with van der Waals surface area (Å²) in [5.74, 6) is -0.817. The van der Waals surface area contributed by atoms with Gasteiger partial charge in [0, 0.05) is 10.0 Å². The van der Waals surface area contributed by atoms with E-state index in [4.69, 9.17) is 23.2 Å². The standard InChI is InChI=1S/C13H7BrCl2FNO/c14-8-5-10(15)12(11(16)6-8)18-13(19)7-1-3-9(17)4-2-7/h1-6H,(H,18,19). The van der Waals surface area contributed by atoms with E-state index in [-0.39, 0.29) is 0 Å². The number of rotatable bonds is 2. The van der Waals surface area contributed by atoms with Gasteiger partial charge in [-0.25, -0.2) is 4.39 Å². The molecule has 19 heavy (non-hydrogen) atoms. The molecule has 0 aliphatic rings. The summed E-state index contributed by atoms with van der Waals surface area (Å²) < 4.78 is 13.5. The quantitative estimate of drug-likeness (QED) is 0.786. The number of halogens is 4. The van der Waals surface area contributed by atoms with E-state index in [2.05, 4.69) is 21.2 Å².